The Morgan fingerprint density at radius 3 is 2.55 bits per heavy atom. The number of nitrogens with two attached hydrogens (primary N) is 1. The lowest BCUT2D eigenvalue weighted by atomic mass is 10.1. The number of nitrogens with one attached hydrogen (secondary N) is 2. The highest BCUT2D eigenvalue weighted by molar-refractivity contribution is 6.42. The number of aromatic nitrogens is 2. The van der Waals surface area contributed by atoms with Crippen LogP contribution in [0.3, 0.4) is 0 Å². The highest BCUT2D eigenvalue weighted by atomic mass is 16.8. The van der Waals surface area contributed by atoms with Gasteiger partial charge in [0.05, 0.1) is 28.3 Å². The molecule has 1 aromatic rings. The zero-order valence-corrected chi connectivity index (χ0v) is 15.5. The molecular formula is C18H14N6O7-2. The van der Waals surface area contributed by atoms with E-state index in [1.54, 1.807) is 0 Å². The molecule has 0 aromatic heterocycles. The molecule has 0 saturated heterocycles. The normalized spacial score (nSPS) is 11.8. The second kappa shape index (κ2) is 8.58. The van der Waals surface area contributed by atoms with Gasteiger partial charge in [0.25, 0.3) is 11.8 Å². The van der Waals surface area contributed by atoms with Crippen molar-refractivity contribution in [2.45, 2.75) is 6.04 Å². The van der Waals surface area contributed by atoms with E-state index in [9.17, 15) is 35.2 Å². The first-order chi connectivity index (χ1) is 14.7. The smallest absolute Gasteiger partial charge is 0.293 e. The molecule has 2 aliphatic rings. The maximum Gasteiger partial charge on any atom is 0.293 e. The lowest BCUT2D eigenvalue weighted by Crippen LogP contribution is -2.36. The summed E-state index contributed by atoms with van der Waals surface area (Å²) >= 11 is 0. The average Bonchev–Trinajstić information content (AvgIpc) is 2.73. The summed E-state index contributed by atoms with van der Waals surface area (Å²) in [4.78, 5) is 42.4. The minimum atomic E-state index is -2.06. The Hall–Kier alpha value is -4.33. The molecule has 0 radical (unpaired) electrons. The molecule has 0 spiro atoms. The molecule has 160 valence electrons. The number of carbonyl (C=O) groups excluding carboxylic acids is 3. The first-order valence-electron chi connectivity index (χ1n) is 8.54. The van der Waals surface area contributed by atoms with Crippen LogP contribution in [0.25, 0.3) is 11.4 Å². The molecule has 13 nitrogen and oxygen atoms in total. The van der Waals surface area contributed by atoms with Crippen molar-refractivity contribution in [3.8, 4) is 11.4 Å². The van der Waals surface area contributed by atoms with E-state index in [-0.39, 0.29) is 33.7 Å². The number of fused-ring (bicyclic) bond motifs is 1. The summed E-state index contributed by atoms with van der Waals surface area (Å²) in [6.45, 7) is 0. The van der Waals surface area contributed by atoms with Crippen molar-refractivity contribution in [2.24, 2.45) is 5.73 Å². The molecule has 1 heterocycles. The number of hydrogen-bond acceptors (Lipinski definition) is 9. The number of para-hydroxylation sites is 1. The van der Waals surface area contributed by atoms with E-state index >= 15 is 0 Å². The van der Waals surface area contributed by atoms with Crippen LogP contribution in [0.5, 0.6) is 0 Å². The number of rotatable bonds is 6. The standard InChI is InChI=1S/C18H14N6O7/c19-17(26)10-3-1-2-4-11(10)22-18(27)16(25)15(24(30)31)14-8-20-12-6-5-9(23(28)29)7-13(12)21-14/h1-8,15,30H,(H4-,19,20,21,22,25,26,27,28,29)/q-2. The van der Waals surface area contributed by atoms with Gasteiger partial charge >= 0.3 is 0 Å². The van der Waals surface area contributed by atoms with E-state index in [0.29, 0.717) is 0 Å². The quantitative estimate of drug-likeness (QED) is 0.303. The lowest BCUT2D eigenvalue weighted by molar-refractivity contribution is -0.148. The molecule has 0 bridgehead atoms. The van der Waals surface area contributed by atoms with E-state index in [4.69, 9.17) is 5.73 Å². The Labute approximate surface area is 173 Å². The Morgan fingerprint density at radius 1 is 1.19 bits per heavy atom. The van der Waals surface area contributed by atoms with E-state index in [2.05, 4.69) is 15.3 Å². The Morgan fingerprint density at radius 2 is 1.90 bits per heavy atom. The third-order valence-electron chi connectivity index (χ3n) is 4.24. The minimum absolute atomic E-state index is 0.0706. The van der Waals surface area contributed by atoms with Crippen LogP contribution in [0.1, 0.15) is 22.1 Å². The van der Waals surface area contributed by atoms with Crippen LogP contribution >= 0.6 is 0 Å². The van der Waals surface area contributed by atoms with Crippen molar-refractivity contribution in [3.63, 3.8) is 0 Å². The minimum Gasteiger partial charge on any atom is -0.761 e. The number of amides is 2. The van der Waals surface area contributed by atoms with Gasteiger partial charge in [-0.3, -0.25) is 19.4 Å². The van der Waals surface area contributed by atoms with E-state index in [1.165, 1.54) is 36.4 Å². The molecule has 13 heteroatoms. The van der Waals surface area contributed by atoms with Gasteiger partial charge in [-0.1, -0.05) is 12.1 Å². The van der Waals surface area contributed by atoms with Gasteiger partial charge in [0.15, 0.2) is 0 Å². The van der Waals surface area contributed by atoms with Gasteiger partial charge in [-0.15, -0.1) is 0 Å². The van der Waals surface area contributed by atoms with Crippen LogP contribution in [0, 0.1) is 15.6 Å². The zero-order valence-electron chi connectivity index (χ0n) is 15.5. The number of primary amides is 1. The van der Waals surface area contributed by atoms with Crippen LogP contribution < -0.4 is 21.3 Å². The second-order valence-corrected chi connectivity index (χ2v) is 6.23. The predicted molar refractivity (Wildman–Crippen MR) is 106 cm³/mol. The second-order valence-electron chi connectivity index (χ2n) is 6.23. The summed E-state index contributed by atoms with van der Waals surface area (Å²) in [7, 11) is 0. The summed E-state index contributed by atoms with van der Waals surface area (Å²) < 4.78 is 0. The highest BCUT2D eigenvalue weighted by Crippen LogP contribution is 2.23. The molecule has 1 unspecified atom stereocenters. The number of hydroxylamine groups is 2. The first-order valence-corrected chi connectivity index (χ1v) is 8.54. The van der Waals surface area contributed by atoms with Crippen LogP contribution in [-0.4, -0.2) is 38.0 Å². The average molecular weight is 426 g/mol. The monoisotopic (exact) mass is 426 g/mol. The molecule has 1 aromatic carbocycles. The molecule has 0 fully saturated rings. The number of ketones is 1. The van der Waals surface area contributed by atoms with Crippen molar-refractivity contribution >= 4 is 23.3 Å². The van der Waals surface area contributed by atoms with Crippen molar-refractivity contribution < 1.29 is 19.6 Å². The molecule has 2 amide bonds. The molecule has 1 aliphatic carbocycles. The van der Waals surface area contributed by atoms with Crippen LogP contribution in [0.2, 0.25) is 0 Å². The highest BCUT2D eigenvalue weighted by Gasteiger charge is 2.30. The maximum atomic E-state index is 12.6. The number of hydrogen-bond donors (Lipinski definition) is 4. The molecule has 31 heavy (non-hydrogen) atoms. The topological polar surface area (TPSA) is 214 Å². The largest absolute Gasteiger partial charge is 0.761 e. The fraction of sp³-hybridized carbons (Fsp3) is 0.0556. The van der Waals surface area contributed by atoms with E-state index in [0.717, 1.165) is 12.3 Å². The Balaban J connectivity index is 1.96. The zero-order chi connectivity index (χ0) is 22.7. The van der Waals surface area contributed by atoms with Gasteiger partial charge in [-0.25, -0.2) is 5.23 Å². The fourth-order valence-electron chi connectivity index (χ4n) is 2.79. The van der Waals surface area contributed by atoms with Crippen LogP contribution in [-0.2, 0) is 9.59 Å². The number of benzene rings is 2. The Bertz CT molecular complexity index is 1200. The van der Waals surface area contributed by atoms with Gasteiger partial charge in [-0.2, -0.15) is 4.90 Å². The number of nitrogens with zero attached hydrogens (tertiary/aromatic N) is 3. The van der Waals surface area contributed by atoms with Gasteiger partial charge in [-0.05, 0) is 18.2 Å². The summed E-state index contributed by atoms with van der Waals surface area (Å²) in [6, 6.07) is 7.20. The molecule has 1 atom stereocenters. The van der Waals surface area contributed by atoms with Crippen molar-refractivity contribution in [1.29, 1.82) is 0 Å². The molecular weight excluding hydrogens is 412 g/mol. The van der Waals surface area contributed by atoms with Gasteiger partial charge in [0.1, 0.15) is 6.04 Å². The molecule has 1 aliphatic heterocycles. The number of aromatic amines is 1. The predicted octanol–water partition coefficient (Wildman–Crippen LogP) is -0.181. The third-order valence-corrected chi connectivity index (χ3v) is 4.24. The number of H-pyrrole nitrogens is 1. The first kappa shape index (κ1) is 21.4. The van der Waals surface area contributed by atoms with Gasteiger partial charge in [0.2, 0.25) is 11.1 Å². The molecule has 5 N–H and O–H groups in total. The van der Waals surface area contributed by atoms with Crippen LogP contribution in [0.4, 0.5) is 5.69 Å². The van der Waals surface area contributed by atoms with Crippen molar-refractivity contribution in [2.75, 3.05) is 5.32 Å². The van der Waals surface area contributed by atoms with E-state index in [1.807, 2.05) is 0 Å². The third kappa shape index (κ3) is 4.48. The van der Waals surface area contributed by atoms with Gasteiger partial charge < -0.3 is 36.9 Å². The van der Waals surface area contributed by atoms with Gasteiger partial charge in [0, 0.05) is 18.3 Å². The summed E-state index contributed by atoms with van der Waals surface area (Å²) in [6.07, 6.45) is 1.03. The summed E-state index contributed by atoms with van der Waals surface area (Å²) in [5.41, 5.74) is 5.14. The van der Waals surface area contributed by atoms with E-state index < -0.39 is 33.8 Å². The van der Waals surface area contributed by atoms with Crippen molar-refractivity contribution in [1.82, 2.24) is 20.1 Å². The number of carbonyl (C=O) groups is 3. The summed E-state index contributed by atoms with van der Waals surface area (Å²) in [5.74, 6) is -3.57. The van der Waals surface area contributed by atoms with Crippen molar-refractivity contribution in [3.05, 3.63) is 80.9 Å². The summed E-state index contributed by atoms with van der Waals surface area (Å²) in [5, 5.41) is 44.2. The Kier molecular flexibility index (Phi) is 5.92. The fourth-order valence-corrected chi connectivity index (χ4v) is 2.79. The van der Waals surface area contributed by atoms with Crippen LogP contribution in [0.15, 0.2) is 48.7 Å². The molecule has 3 rings (SSSR count). The lowest BCUT2D eigenvalue weighted by Gasteiger charge is -2.29. The maximum absolute atomic E-state index is 12.6. The SMILES string of the molecule is NC(=O)c1ccccc1NC(=O)C(=O)C(c1cnc2ccc(=[N+]([O-])[O-])cc-2[nH]1)N([O-])O. The number of anilines is 1. The number of Topliss-reactive ketones (excluding diaryl/α,β-unsaturated/α-hetero) is 1. The molecule has 0 saturated carbocycles.